The second-order valence-electron chi connectivity index (χ2n) is 4.58. The molecule has 0 amide bonds. The number of rotatable bonds is 5. The van der Waals surface area contributed by atoms with E-state index in [4.69, 9.17) is 14.2 Å². The van der Waals surface area contributed by atoms with Crippen LogP contribution in [0, 0.1) is 6.92 Å². The van der Waals surface area contributed by atoms with Gasteiger partial charge in [0.25, 0.3) is 0 Å². The number of ether oxygens (including phenoxy) is 3. The molecule has 0 unspecified atom stereocenters. The van der Waals surface area contributed by atoms with Gasteiger partial charge in [0.2, 0.25) is 0 Å². The highest BCUT2D eigenvalue weighted by atomic mass is 16.5. The topological polar surface area (TPSA) is 44.8 Å². The summed E-state index contributed by atoms with van der Waals surface area (Å²) in [6.45, 7) is 1.89. The lowest BCUT2D eigenvalue weighted by atomic mass is 9.98. The van der Waals surface area contributed by atoms with E-state index in [1.54, 1.807) is 51.7 Å². The maximum Gasteiger partial charge on any atom is 0.193 e. The number of methoxy groups -OCH3 is 3. The lowest BCUT2D eigenvalue weighted by Gasteiger charge is -2.11. The van der Waals surface area contributed by atoms with Gasteiger partial charge in [-0.2, -0.15) is 0 Å². The summed E-state index contributed by atoms with van der Waals surface area (Å²) in [6, 6.07) is 10.5. The molecule has 21 heavy (non-hydrogen) atoms. The van der Waals surface area contributed by atoms with E-state index in [-0.39, 0.29) is 5.78 Å². The summed E-state index contributed by atoms with van der Waals surface area (Å²) in [4.78, 5) is 12.6. The normalized spacial score (nSPS) is 10.1. The molecule has 0 aliphatic heterocycles. The molecule has 0 spiro atoms. The van der Waals surface area contributed by atoms with E-state index in [2.05, 4.69) is 0 Å². The van der Waals surface area contributed by atoms with Gasteiger partial charge < -0.3 is 14.2 Å². The van der Waals surface area contributed by atoms with Crippen molar-refractivity contribution in [2.24, 2.45) is 0 Å². The minimum atomic E-state index is -0.0592. The van der Waals surface area contributed by atoms with Crippen LogP contribution >= 0.6 is 0 Å². The average molecular weight is 286 g/mol. The highest BCUT2D eigenvalue weighted by molar-refractivity contribution is 6.10. The number of hydrogen-bond donors (Lipinski definition) is 0. The molecule has 2 aromatic carbocycles. The van der Waals surface area contributed by atoms with Gasteiger partial charge >= 0.3 is 0 Å². The molecule has 2 rings (SSSR count). The van der Waals surface area contributed by atoms with Gasteiger partial charge in [0.1, 0.15) is 5.75 Å². The van der Waals surface area contributed by atoms with Gasteiger partial charge in [0.15, 0.2) is 17.3 Å². The molecule has 0 heterocycles. The van der Waals surface area contributed by atoms with Crippen LogP contribution in [0.15, 0.2) is 36.4 Å². The Kier molecular flexibility index (Phi) is 4.48. The third kappa shape index (κ3) is 2.99. The zero-order chi connectivity index (χ0) is 15.4. The molecule has 0 bridgehead atoms. The predicted molar refractivity (Wildman–Crippen MR) is 80.7 cm³/mol. The largest absolute Gasteiger partial charge is 0.497 e. The summed E-state index contributed by atoms with van der Waals surface area (Å²) < 4.78 is 15.6. The van der Waals surface area contributed by atoms with E-state index >= 15 is 0 Å². The van der Waals surface area contributed by atoms with Crippen molar-refractivity contribution in [1.82, 2.24) is 0 Å². The van der Waals surface area contributed by atoms with E-state index in [9.17, 15) is 4.79 Å². The summed E-state index contributed by atoms with van der Waals surface area (Å²) in [5, 5.41) is 0. The van der Waals surface area contributed by atoms with Crippen molar-refractivity contribution in [3.8, 4) is 17.2 Å². The van der Waals surface area contributed by atoms with E-state index in [1.165, 1.54) is 0 Å². The molecule has 110 valence electrons. The van der Waals surface area contributed by atoms with Crippen LogP contribution in [0.4, 0.5) is 0 Å². The van der Waals surface area contributed by atoms with Crippen LogP contribution in [0.2, 0.25) is 0 Å². The van der Waals surface area contributed by atoms with E-state index in [1.807, 2.05) is 13.0 Å². The molecular formula is C17H18O4. The third-order valence-corrected chi connectivity index (χ3v) is 3.32. The van der Waals surface area contributed by atoms with Gasteiger partial charge in [-0.15, -0.1) is 0 Å². The first-order chi connectivity index (χ1) is 10.1. The second kappa shape index (κ2) is 6.31. The van der Waals surface area contributed by atoms with Crippen molar-refractivity contribution in [1.29, 1.82) is 0 Å². The van der Waals surface area contributed by atoms with Gasteiger partial charge in [-0.3, -0.25) is 4.79 Å². The number of ketones is 1. The summed E-state index contributed by atoms with van der Waals surface area (Å²) >= 11 is 0. The number of benzene rings is 2. The second-order valence-corrected chi connectivity index (χ2v) is 4.58. The number of carbonyl (C=O) groups excluding carboxylic acids is 1. The van der Waals surface area contributed by atoms with Crippen molar-refractivity contribution >= 4 is 5.78 Å². The Bertz CT molecular complexity index is 662. The molecular weight excluding hydrogens is 268 g/mol. The molecule has 0 fully saturated rings. The number of aryl methyl sites for hydroxylation is 1. The van der Waals surface area contributed by atoms with Crippen molar-refractivity contribution in [3.05, 3.63) is 53.1 Å². The maximum absolute atomic E-state index is 12.6. The maximum atomic E-state index is 12.6. The van der Waals surface area contributed by atoms with Crippen molar-refractivity contribution in [2.45, 2.75) is 6.92 Å². The van der Waals surface area contributed by atoms with Crippen LogP contribution in [0.1, 0.15) is 21.5 Å². The van der Waals surface area contributed by atoms with Crippen LogP contribution in [0.3, 0.4) is 0 Å². The Hall–Kier alpha value is -2.49. The fraction of sp³-hybridized carbons (Fsp3) is 0.235. The first kappa shape index (κ1) is 14.9. The van der Waals surface area contributed by atoms with Crippen LogP contribution in [-0.4, -0.2) is 27.1 Å². The molecule has 0 aliphatic rings. The third-order valence-electron chi connectivity index (χ3n) is 3.32. The van der Waals surface area contributed by atoms with E-state index in [0.717, 1.165) is 11.3 Å². The lowest BCUT2D eigenvalue weighted by molar-refractivity contribution is 0.103. The average Bonchev–Trinajstić information content (AvgIpc) is 2.53. The van der Waals surface area contributed by atoms with Crippen molar-refractivity contribution in [2.75, 3.05) is 21.3 Å². The Balaban J connectivity index is 2.40. The van der Waals surface area contributed by atoms with Crippen LogP contribution in [-0.2, 0) is 0 Å². The number of hydrogen-bond acceptors (Lipinski definition) is 4. The fourth-order valence-corrected chi connectivity index (χ4v) is 2.15. The Labute approximate surface area is 124 Å². The van der Waals surface area contributed by atoms with E-state index < -0.39 is 0 Å². The van der Waals surface area contributed by atoms with Gasteiger partial charge in [-0.25, -0.2) is 0 Å². The summed E-state index contributed by atoms with van der Waals surface area (Å²) in [6.07, 6.45) is 0. The van der Waals surface area contributed by atoms with E-state index in [0.29, 0.717) is 22.6 Å². The summed E-state index contributed by atoms with van der Waals surface area (Å²) in [5.41, 5.74) is 2.07. The SMILES string of the molecule is COc1ccc(C(=O)c2ccc(OC)c(OC)c2)c(C)c1. The minimum Gasteiger partial charge on any atom is -0.497 e. The van der Waals surface area contributed by atoms with Crippen molar-refractivity contribution < 1.29 is 19.0 Å². The van der Waals surface area contributed by atoms with Gasteiger partial charge in [0.05, 0.1) is 21.3 Å². The Morgan fingerprint density at radius 2 is 1.57 bits per heavy atom. The summed E-state index contributed by atoms with van der Waals surface area (Å²) in [5.74, 6) is 1.81. The van der Waals surface area contributed by atoms with Crippen LogP contribution < -0.4 is 14.2 Å². The zero-order valence-electron chi connectivity index (χ0n) is 12.6. The monoisotopic (exact) mass is 286 g/mol. The fourth-order valence-electron chi connectivity index (χ4n) is 2.15. The summed E-state index contributed by atoms with van der Waals surface area (Å²) in [7, 11) is 4.71. The van der Waals surface area contributed by atoms with Gasteiger partial charge in [-0.05, 0) is 48.9 Å². The Morgan fingerprint density at radius 3 is 2.14 bits per heavy atom. The number of carbonyl (C=O) groups is 1. The van der Waals surface area contributed by atoms with Gasteiger partial charge in [-0.1, -0.05) is 0 Å². The first-order valence-electron chi connectivity index (χ1n) is 6.52. The highest BCUT2D eigenvalue weighted by Gasteiger charge is 2.15. The lowest BCUT2D eigenvalue weighted by Crippen LogP contribution is -2.04. The zero-order valence-corrected chi connectivity index (χ0v) is 12.6. The molecule has 0 atom stereocenters. The molecule has 0 aromatic heterocycles. The first-order valence-corrected chi connectivity index (χ1v) is 6.52. The molecule has 0 radical (unpaired) electrons. The molecule has 0 N–H and O–H groups in total. The molecule has 0 aliphatic carbocycles. The predicted octanol–water partition coefficient (Wildman–Crippen LogP) is 3.25. The van der Waals surface area contributed by atoms with Crippen molar-refractivity contribution in [3.63, 3.8) is 0 Å². The standard InChI is InChI=1S/C17H18O4/c1-11-9-13(19-2)6-7-14(11)17(18)12-5-8-15(20-3)16(10-12)21-4/h5-10H,1-4H3. The van der Waals surface area contributed by atoms with Gasteiger partial charge in [0, 0.05) is 11.1 Å². The molecule has 0 saturated heterocycles. The molecule has 2 aromatic rings. The molecule has 0 saturated carbocycles. The molecule has 4 heteroatoms. The Morgan fingerprint density at radius 1 is 0.857 bits per heavy atom. The quantitative estimate of drug-likeness (QED) is 0.791. The molecule has 4 nitrogen and oxygen atoms in total. The smallest absolute Gasteiger partial charge is 0.193 e. The van der Waals surface area contributed by atoms with Crippen LogP contribution in [0.25, 0.3) is 0 Å². The highest BCUT2D eigenvalue weighted by Crippen LogP contribution is 2.29. The van der Waals surface area contributed by atoms with Crippen LogP contribution in [0.5, 0.6) is 17.2 Å². The minimum absolute atomic E-state index is 0.0592.